The molecule has 0 radical (unpaired) electrons. The van der Waals surface area contributed by atoms with Gasteiger partial charge in [-0.2, -0.15) is 13.2 Å². The Morgan fingerprint density at radius 2 is 1.97 bits per heavy atom. The molecule has 0 fully saturated rings. The van der Waals surface area contributed by atoms with Crippen molar-refractivity contribution < 1.29 is 22.8 Å². The first-order valence-electron chi connectivity index (χ1n) is 9.33. The van der Waals surface area contributed by atoms with Crippen LogP contribution in [-0.2, 0) is 15.8 Å². The van der Waals surface area contributed by atoms with Gasteiger partial charge in [0, 0.05) is 21.4 Å². The van der Waals surface area contributed by atoms with Gasteiger partial charge in [-0.25, -0.2) is 4.98 Å². The van der Waals surface area contributed by atoms with Gasteiger partial charge in [0.05, 0.1) is 11.3 Å². The first kappa shape index (κ1) is 23.5. The van der Waals surface area contributed by atoms with Gasteiger partial charge in [-0.1, -0.05) is 32.4 Å². The van der Waals surface area contributed by atoms with E-state index < -0.39 is 17.7 Å². The molecule has 2 rings (SSSR count). The van der Waals surface area contributed by atoms with Crippen molar-refractivity contribution in [2.75, 3.05) is 0 Å². The number of Topliss-reactive ketones (excluding diaryl/α,β-unsaturated/α-hetero) is 1. The minimum atomic E-state index is -4.61. The number of hydrogen-bond donors (Lipinski definition) is 0. The smallest absolute Gasteiger partial charge is 0.302 e. The zero-order valence-corrected chi connectivity index (χ0v) is 18.2. The van der Waals surface area contributed by atoms with E-state index in [0.29, 0.717) is 24.0 Å². The molecule has 1 heterocycles. The van der Waals surface area contributed by atoms with Gasteiger partial charge in [-0.3, -0.25) is 4.79 Å². The van der Waals surface area contributed by atoms with E-state index in [9.17, 15) is 22.8 Å². The molecule has 2 atom stereocenters. The zero-order chi connectivity index (χ0) is 21.9. The summed E-state index contributed by atoms with van der Waals surface area (Å²) < 4.78 is 40.4. The van der Waals surface area contributed by atoms with Crippen LogP contribution in [0.15, 0.2) is 18.2 Å². The zero-order valence-electron chi connectivity index (χ0n) is 16.6. The summed E-state index contributed by atoms with van der Waals surface area (Å²) in [6.45, 7) is 7.54. The molecule has 8 heteroatoms. The number of nitrogens with zero attached hydrogens (tertiary/aromatic N) is 1. The maximum Gasteiger partial charge on any atom is 0.417 e. The quantitative estimate of drug-likeness (QED) is 0.335. The molecule has 0 amide bonds. The highest BCUT2D eigenvalue weighted by Crippen LogP contribution is 2.41. The van der Waals surface area contributed by atoms with Crippen LogP contribution in [0, 0.1) is 18.8 Å². The number of halogens is 4. The molecule has 1 unspecified atom stereocenters. The van der Waals surface area contributed by atoms with Crippen molar-refractivity contribution in [2.24, 2.45) is 11.8 Å². The maximum absolute atomic E-state index is 13.5. The number of rotatable bonds is 8. The van der Waals surface area contributed by atoms with Gasteiger partial charge in [0.1, 0.15) is 17.2 Å². The van der Waals surface area contributed by atoms with Crippen molar-refractivity contribution in [1.82, 2.24) is 4.98 Å². The van der Waals surface area contributed by atoms with Crippen LogP contribution in [0.1, 0.15) is 55.7 Å². The highest BCUT2D eigenvalue weighted by Gasteiger charge is 2.36. The standard InChI is InChI=1S/C21H23ClF3NO2S/c1-5-13(8-11(2)3)19(28)16(10-27)18-12(4)29-20(26-18)15-7-6-14(22)9-17(15)21(23,24)25/h6-7,9-11,13,16H,5,8H2,1-4H3/t13-,16?/m1/s1. The Morgan fingerprint density at radius 3 is 2.48 bits per heavy atom. The first-order valence-corrected chi connectivity index (χ1v) is 10.5. The third-order valence-electron chi connectivity index (χ3n) is 4.74. The second-order valence-corrected chi connectivity index (χ2v) is 9.04. The molecule has 0 bridgehead atoms. The van der Waals surface area contributed by atoms with Crippen LogP contribution < -0.4 is 0 Å². The topological polar surface area (TPSA) is 47.0 Å². The molecule has 0 aliphatic rings. The average molecular weight is 446 g/mol. The number of ketones is 1. The van der Waals surface area contributed by atoms with Gasteiger partial charge in [0.2, 0.25) is 0 Å². The molecular weight excluding hydrogens is 423 g/mol. The second kappa shape index (κ2) is 9.39. The number of carbonyl (C=O) groups excluding carboxylic acids is 2. The molecule has 0 aliphatic heterocycles. The summed E-state index contributed by atoms with van der Waals surface area (Å²) in [5.74, 6) is -1.32. The van der Waals surface area contributed by atoms with Crippen molar-refractivity contribution in [3.8, 4) is 10.6 Å². The van der Waals surface area contributed by atoms with E-state index in [4.69, 9.17) is 11.6 Å². The number of aromatic nitrogens is 1. The predicted octanol–water partition coefficient (Wildman–Crippen LogP) is 6.71. The minimum absolute atomic E-state index is 0.0324. The van der Waals surface area contributed by atoms with E-state index >= 15 is 0 Å². The molecule has 29 heavy (non-hydrogen) atoms. The monoisotopic (exact) mass is 445 g/mol. The van der Waals surface area contributed by atoms with Crippen molar-refractivity contribution in [2.45, 2.75) is 52.6 Å². The van der Waals surface area contributed by atoms with E-state index in [2.05, 4.69) is 4.98 Å². The number of aryl methyl sites for hydroxylation is 1. The lowest BCUT2D eigenvalue weighted by Crippen LogP contribution is -2.25. The summed E-state index contributed by atoms with van der Waals surface area (Å²) in [5, 5.41) is 0.0769. The Labute approximate surface area is 177 Å². The Morgan fingerprint density at radius 1 is 1.31 bits per heavy atom. The fourth-order valence-corrected chi connectivity index (χ4v) is 4.49. The second-order valence-electron chi connectivity index (χ2n) is 7.40. The molecule has 0 aliphatic carbocycles. The Hall–Kier alpha value is -1.73. The van der Waals surface area contributed by atoms with E-state index in [1.165, 1.54) is 12.1 Å². The van der Waals surface area contributed by atoms with Gasteiger partial charge in [0.15, 0.2) is 5.78 Å². The molecule has 1 aromatic carbocycles. The molecular formula is C21H23ClF3NO2S. The Balaban J connectivity index is 2.49. The number of alkyl halides is 3. The third-order valence-corrected chi connectivity index (χ3v) is 5.99. The lowest BCUT2D eigenvalue weighted by atomic mass is 9.84. The Kier molecular flexibility index (Phi) is 7.62. The molecule has 0 saturated heterocycles. The molecule has 0 saturated carbocycles. The van der Waals surface area contributed by atoms with E-state index in [-0.39, 0.29) is 38.9 Å². The van der Waals surface area contributed by atoms with Crippen LogP contribution in [0.2, 0.25) is 5.02 Å². The minimum Gasteiger partial charge on any atom is -0.302 e. The number of hydrogen-bond acceptors (Lipinski definition) is 4. The summed E-state index contributed by atoms with van der Waals surface area (Å²) in [4.78, 5) is 29.6. The van der Waals surface area contributed by atoms with Crippen LogP contribution in [0.4, 0.5) is 13.2 Å². The summed E-state index contributed by atoms with van der Waals surface area (Å²) in [6.07, 6.45) is -2.83. The van der Waals surface area contributed by atoms with Crippen LogP contribution in [0.5, 0.6) is 0 Å². The van der Waals surface area contributed by atoms with Crippen molar-refractivity contribution >= 4 is 35.0 Å². The average Bonchev–Trinajstić information content (AvgIpc) is 3.00. The fourth-order valence-electron chi connectivity index (χ4n) is 3.32. The Bertz CT molecular complexity index is 893. The highest BCUT2D eigenvalue weighted by molar-refractivity contribution is 7.15. The normalized spacial score (nSPS) is 14.1. The van der Waals surface area contributed by atoms with E-state index in [1.807, 2.05) is 20.8 Å². The van der Waals surface area contributed by atoms with Gasteiger partial charge in [0.25, 0.3) is 0 Å². The molecule has 158 valence electrons. The lowest BCUT2D eigenvalue weighted by molar-refractivity contribution is -0.137. The largest absolute Gasteiger partial charge is 0.417 e. The predicted molar refractivity (Wildman–Crippen MR) is 109 cm³/mol. The van der Waals surface area contributed by atoms with Crippen LogP contribution in [0.3, 0.4) is 0 Å². The molecule has 0 spiro atoms. The van der Waals surface area contributed by atoms with E-state index in [1.54, 1.807) is 6.92 Å². The van der Waals surface area contributed by atoms with Gasteiger partial charge >= 0.3 is 6.18 Å². The number of thiazole rings is 1. The van der Waals surface area contributed by atoms with Crippen LogP contribution in [0.25, 0.3) is 10.6 Å². The first-order chi connectivity index (χ1) is 13.5. The van der Waals surface area contributed by atoms with Crippen molar-refractivity contribution in [3.05, 3.63) is 39.4 Å². The highest BCUT2D eigenvalue weighted by atomic mass is 35.5. The molecule has 0 N–H and O–H groups in total. The lowest BCUT2D eigenvalue weighted by Gasteiger charge is -2.19. The molecule has 2 aromatic rings. The fraction of sp³-hybridized carbons (Fsp3) is 0.476. The summed E-state index contributed by atoms with van der Waals surface area (Å²) >= 11 is 6.78. The van der Waals surface area contributed by atoms with E-state index in [0.717, 1.165) is 17.4 Å². The summed E-state index contributed by atoms with van der Waals surface area (Å²) in [6, 6.07) is 3.48. The summed E-state index contributed by atoms with van der Waals surface area (Å²) in [7, 11) is 0. The van der Waals surface area contributed by atoms with Gasteiger partial charge in [-0.15, -0.1) is 11.3 Å². The molecule has 3 nitrogen and oxygen atoms in total. The van der Waals surface area contributed by atoms with Crippen LogP contribution in [-0.4, -0.2) is 17.1 Å². The molecule has 1 aromatic heterocycles. The summed E-state index contributed by atoms with van der Waals surface area (Å²) in [5.41, 5.74) is -0.784. The number of carbonyl (C=O) groups is 2. The maximum atomic E-state index is 13.5. The van der Waals surface area contributed by atoms with Gasteiger partial charge < -0.3 is 4.79 Å². The van der Waals surface area contributed by atoms with Crippen LogP contribution >= 0.6 is 22.9 Å². The number of aldehydes is 1. The third kappa shape index (κ3) is 5.45. The van der Waals surface area contributed by atoms with Crippen molar-refractivity contribution in [1.29, 1.82) is 0 Å². The van der Waals surface area contributed by atoms with Crippen molar-refractivity contribution in [3.63, 3.8) is 0 Å². The van der Waals surface area contributed by atoms with Gasteiger partial charge in [-0.05, 0) is 43.9 Å². The SMILES string of the molecule is CC[C@H](CC(C)C)C(=O)C(C=O)c1nc(-c2ccc(Cl)cc2C(F)(F)F)sc1C. The number of benzene rings is 1.